The summed E-state index contributed by atoms with van der Waals surface area (Å²) in [4.78, 5) is 19.9. The van der Waals surface area contributed by atoms with Gasteiger partial charge < -0.3 is 10.0 Å². The Morgan fingerprint density at radius 2 is 1.73 bits per heavy atom. The van der Waals surface area contributed by atoms with E-state index < -0.39 is 0 Å². The minimum atomic E-state index is -0.0272. The lowest BCUT2D eigenvalue weighted by molar-refractivity contribution is 0.0981. The van der Waals surface area contributed by atoms with Crippen molar-refractivity contribution in [3.8, 4) is 5.75 Å². The molecule has 26 heavy (non-hydrogen) atoms. The number of hydrogen-bond donors (Lipinski definition) is 1. The maximum Gasteiger partial charge on any atom is 0.209 e. The molecule has 1 heterocycles. The van der Waals surface area contributed by atoms with Crippen LogP contribution in [0.2, 0.25) is 0 Å². The molecule has 0 unspecified atom stereocenters. The maximum absolute atomic E-state index is 13.0. The monoisotopic (exact) mass is 346 g/mol. The summed E-state index contributed by atoms with van der Waals surface area (Å²) < 4.78 is 0. The number of aliphatic imine (C=N–C) groups is 1. The first kappa shape index (κ1) is 16.6. The predicted molar refractivity (Wildman–Crippen MR) is 103 cm³/mol. The Balaban J connectivity index is 1.84. The molecule has 0 amide bonds. The van der Waals surface area contributed by atoms with E-state index in [2.05, 4.69) is 4.90 Å². The Bertz CT molecular complexity index is 904. The van der Waals surface area contributed by atoms with Crippen LogP contribution in [0, 0.1) is 6.92 Å². The number of carbonyl (C=O) groups excluding carboxylic acids is 1. The first-order chi connectivity index (χ1) is 12.6. The van der Waals surface area contributed by atoms with Gasteiger partial charge in [0.15, 0.2) is 0 Å². The number of piperidine rings is 1. The summed E-state index contributed by atoms with van der Waals surface area (Å²) in [7, 11) is 0. The molecule has 4 rings (SSSR count). The van der Waals surface area contributed by atoms with Crippen LogP contribution in [-0.2, 0) is 0 Å². The van der Waals surface area contributed by atoms with Gasteiger partial charge in [0, 0.05) is 18.7 Å². The fourth-order valence-corrected chi connectivity index (χ4v) is 3.62. The van der Waals surface area contributed by atoms with Crippen LogP contribution in [-0.4, -0.2) is 34.6 Å². The van der Waals surface area contributed by atoms with Crippen molar-refractivity contribution in [3.63, 3.8) is 0 Å². The summed E-state index contributed by atoms with van der Waals surface area (Å²) in [6, 6.07) is 13.0. The number of fused-ring (bicyclic) bond motifs is 1. The number of benzene rings is 2. The highest BCUT2D eigenvalue weighted by molar-refractivity contribution is 6.27. The first-order valence-electron chi connectivity index (χ1n) is 9.12. The molecule has 0 radical (unpaired) electrons. The van der Waals surface area contributed by atoms with Crippen molar-refractivity contribution in [1.82, 2.24) is 4.90 Å². The van der Waals surface area contributed by atoms with E-state index >= 15 is 0 Å². The van der Waals surface area contributed by atoms with Crippen LogP contribution >= 0.6 is 0 Å². The van der Waals surface area contributed by atoms with Gasteiger partial charge in [-0.3, -0.25) is 4.79 Å². The second-order valence-corrected chi connectivity index (χ2v) is 6.94. The van der Waals surface area contributed by atoms with Gasteiger partial charge in [-0.15, -0.1) is 0 Å². The van der Waals surface area contributed by atoms with Gasteiger partial charge in [0.1, 0.15) is 5.75 Å². The molecule has 0 aromatic heterocycles. The van der Waals surface area contributed by atoms with Crippen molar-refractivity contribution in [2.24, 2.45) is 4.99 Å². The number of rotatable bonds is 2. The van der Waals surface area contributed by atoms with Gasteiger partial charge in [-0.1, -0.05) is 29.8 Å². The first-order valence-corrected chi connectivity index (χ1v) is 9.12. The van der Waals surface area contributed by atoms with Crippen LogP contribution in [0.25, 0.3) is 0 Å². The second-order valence-electron chi connectivity index (χ2n) is 6.94. The van der Waals surface area contributed by atoms with Crippen LogP contribution in [0.15, 0.2) is 59.2 Å². The van der Waals surface area contributed by atoms with E-state index in [1.54, 1.807) is 18.2 Å². The Morgan fingerprint density at radius 1 is 1.00 bits per heavy atom. The molecular formula is C22H22N2O2. The summed E-state index contributed by atoms with van der Waals surface area (Å²) in [5, 5.41) is 10.4. The number of allylic oxidation sites excluding steroid dienone is 2. The molecule has 1 fully saturated rings. The molecule has 4 nitrogen and oxygen atoms in total. The van der Waals surface area contributed by atoms with E-state index in [9.17, 15) is 9.90 Å². The fraction of sp³-hybridized carbons (Fsp3) is 0.273. The summed E-state index contributed by atoms with van der Waals surface area (Å²) in [5.41, 5.74) is 4.36. The number of aromatic hydroxyl groups is 1. The van der Waals surface area contributed by atoms with E-state index in [4.69, 9.17) is 4.99 Å². The Morgan fingerprint density at radius 3 is 2.46 bits per heavy atom. The van der Waals surface area contributed by atoms with Crippen LogP contribution < -0.4 is 0 Å². The van der Waals surface area contributed by atoms with E-state index in [0.29, 0.717) is 22.5 Å². The van der Waals surface area contributed by atoms with Gasteiger partial charge in [0.25, 0.3) is 0 Å². The molecule has 2 aromatic carbocycles. The van der Waals surface area contributed by atoms with Crippen LogP contribution in [0.1, 0.15) is 40.7 Å². The molecule has 0 atom stereocenters. The van der Waals surface area contributed by atoms with E-state index in [0.717, 1.165) is 31.6 Å². The van der Waals surface area contributed by atoms with Gasteiger partial charge in [0.05, 0.1) is 22.7 Å². The third-order valence-corrected chi connectivity index (χ3v) is 5.03. The van der Waals surface area contributed by atoms with E-state index in [1.165, 1.54) is 12.0 Å². The normalized spacial score (nSPS) is 18.7. The molecule has 2 aromatic rings. The Kier molecular flexibility index (Phi) is 4.33. The van der Waals surface area contributed by atoms with Crippen LogP contribution in [0.5, 0.6) is 5.75 Å². The zero-order chi connectivity index (χ0) is 18.1. The summed E-state index contributed by atoms with van der Waals surface area (Å²) in [6.45, 7) is 3.82. The lowest BCUT2D eigenvalue weighted by Crippen LogP contribution is -2.35. The average molecular weight is 346 g/mol. The summed E-state index contributed by atoms with van der Waals surface area (Å²) >= 11 is 0. The van der Waals surface area contributed by atoms with Crippen molar-refractivity contribution < 1.29 is 9.90 Å². The zero-order valence-corrected chi connectivity index (χ0v) is 14.9. The van der Waals surface area contributed by atoms with Crippen molar-refractivity contribution >= 4 is 17.2 Å². The SMILES string of the molecule is Cc1ccc(N=C2C=C(N3CCCCC3)C(=O)c3cccc(O)c32)cc1. The molecule has 2 aliphatic rings. The van der Waals surface area contributed by atoms with Crippen LogP contribution in [0.3, 0.4) is 0 Å². The van der Waals surface area contributed by atoms with Crippen molar-refractivity contribution in [3.05, 3.63) is 70.9 Å². The average Bonchev–Trinajstić information content (AvgIpc) is 2.66. The fourth-order valence-electron chi connectivity index (χ4n) is 3.62. The van der Waals surface area contributed by atoms with E-state index in [-0.39, 0.29) is 11.5 Å². The van der Waals surface area contributed by atoms with Crippen molar-refractivity contribution in [2.75, 3.05) is 13.1 Å². The Hall–Kier alpha value is -2.88. The molecule has 1 saturated heterocycles. The number of carbonyl (C=O) groups is 1. The van der Waals surface area contributed by atoms with Crippen molar-refractivity contribution in [2.45, 2.75) is 26.2 Å². The number of phenols is 1. The molecule has 4 heteroatoms. The molecule has 0 saturated carbocycles. The largest absolute Gasteiger partial charge is 0.507 e. The van der Waals surface area contributed by atoms with Gasteiger partial charge in [-0.25, -0.2) is 4.99 Å². The number of aryl methyl sites for hydroxylation is 1. The van der Waals surface area contributed by atoms with Gasteiger partial charge in [-0.05, 0) is 50.5 Å². The number of phenolic OH excluding ortho intramolecular Hbond substituents is 1. The lowest BCUT2D eigenvalue weighted by atomic mass is 9.90. The molecule has 1 N–H and O–H groups in total. The molecular weight excluding hydrogens is 324 g/mol. The molecule has 1 aliphatic heterocycles. The standard InChI is InChI=1S/C22H22N2O2/c1-15-8-10-16(11-9-15)23-18-14-19(24-12-3-2-4-13-24)22(26)17-6-5-7-20(25)21(17)18/h5-11,14,25H,2-4,12-13H2,1H3. The summed E-state index contributed by atoms with van der Waals surface area (Å²) in [6.07, 6.45) is 5.25. The van der Waals surface area contributed by atoms with Gasteiger partial charge in [0.2, 0.25) is 5.78 Å². The summed E-state index contributed by atoms with van der Waals surface area (Å²) in [5.74, 6) is 0.0660. The Labute approximate surface area is 153 Å². The van der Waals surface area contributed by atoms with Gasteiger partial charge >= 0.3 is 0 Å². The zero-order valence-electron chi connectivity index (χ0n) is 14.9. The predicted octanol–water partition coefficient (Wildman–Crippen LogP) is 4.39. The highest BCUT2D eigenvalue weighted by Crippen LogP contribution is 2.32. The molecule has 0 bridgehead atoms. The number of hydrogen-bond acceptors (Lipinski definition) is 4. The van der Waals surface area contributed by atoms with E-state index in [1.807, 2.05) is 37.3 Å². The molecule has 1 aliphatic carbocycles. The van der Waals surface area contributed by atoms with Gasteiger partial charge in [-0.2, -0.15) is 0 Å². The number of nitrogens with zero attached hydrogens (tertiary/aromatic N) is 2. The highest BCUT2D eigenvalue weighted by Gasteiger charge is 2.30. The highest BCUT2D eigenvalue weighted by atomic mass is 16.3. The van der Waals surface area contributed by atoms with Crippen LogP contribution in [0.4, 0.5) is 5.69 Å². The minimum absolute atomic E-state index is 0.0272. The van der Waals surface area contributed by atoms with Crippen molar-refractivity contribution in [1.29, 1.82) is 0 Å². The quantitative estimate of drug-likeness (QED) is 0.877. The molecule has 0 spiro atoms. The number of ketones is 1. The third kappa shape index (κ3) is 3.03. The molecule has 132 valence electrons. The number of Topliss-reactive ketones (excluding diaryl/α,β-unsaturated/α-hetero) is 1. The third-order valence-electron chi connectivity index (χ3n) is 5.03. The number of likely N-dealkylation sites (tertiary alicyclic amines) is 1. The second kappa shape index (κ2) is 6.79. The smallest absolute Gasteiger partial charge is 0.209 e. The lowest BCUT2D eigenvalue weighted by Gasteiger charge is -2.32. The maximum atomic E-state index is 13.0. The minimum Gasteiger partial charge on any atom is -0.507 e. The topological polar surface area (TPSA) is 52.9 Å².